The van der Waals surface area contributed by atoms with Crippen LogP contribution in [0.4, 0.5) is 10.1 Å². The maximum absolute atomic E-state index is 14.9. The molecule has 0 radical (unpaired) electrons. The largest absolute Gasteiger partial charge is 0.497 e. The molecule has 1 aromatic heterocycles. The first-order chi connectivity index (χ1) is 14.7. The van der Waals surface area contributed by atoms with Crippen LogP contribution in [0.1, 0.15) is 15.9 Å². The van der Waals surface area contributed by atoms with Crippen molar-refractivity contribution in [2.24, 2.45) is 0 Å². The number of anilines is 1. The molecule has 3 aromatic rings. The summed E-state index contributed by atoms with van der Waals surface area (Å²) in [6, 6.07) is 6.29. The quantitative estimate of drug-likeness (QED) is 0.513. The minimum atomic E-state index is -4.38. The van der Waals surface area contributed by atoms with E-state index in [0.717, 1.165) is 16.7 Å². The van der Waals surface area contributed by atoms with Crippen LogP contribution >= 0.6 is 23.1 Å². The fraction of sp³-hybridized carbons (Fsp3) is 0.167. The highest BCUT2D eigenvalue weighted by Gasteiger charge is 2.32. The van der Waals surface area contributed by atoms with Gasteiger partial charge in [-0.2, -0.15) is 12.8 Å². The van der Waals surface area contributed by atoms with E-state index in [1.54, 1.807) is 18.2 Å². The normalized spacial score (nSPS) is 11.2. The zero-order chi connectivity index (χ0) is 22.8. The monoisotopic (exact) mass is 487 g/mol. The third-order valence-corrected chi connectivity index (χ3v) is 7.28. The van der Waals surface area contributed by atoms with Crippen molar-refractivity contribution in [3.05, 3.63) is 58.6 Å². The molecule has 0 aliphatic heterocycles. The maximum Gasteiger partial charge on any atom is 0.337 e. The van der Waals surface area contributed by atoms with E-state index in [1.807, 2.05) is 0 Å². The van der Waals surface area contributed by atoms with Crippen LogP contribution in [0, 0.1) is 5.82 Å². The van der Waals surface area contributed by atoms with Gasteiger partial charge in [-0.3, -0.25) is 4.31 Å². The van der Waals surface area contributed by atoms with Crippen LogP contribution in [-0.4, -0.2) is 43.1 Å². The molecule has 164 valence electrons. The lowest BCUT2D eigenvalue weighted by atomic mass is 10.1. The highest BCUT2D eigenvalue weighted by Crippen LogP contribution is 2.35. The number of halogens is 2. The molecule has 2 aromatic carbocycles. The van der Waals surface area contributed by atoms with Gasteiger partial charge in [0.05, 0.1) is 37.0 Å². The second kappa shape index (κ2) is 9.04. The summed E-state index contributed by atoms with van der Waals surface area (Å²) in [5.41, 5.74) is -0.574. The molecule has 0 aliphatic rings. The third-order valence-electron chi connectivity index (χ3n) is 4.20. The molecule has 0 spiro atoms. The first-order valence-electron chi connectivity index (χ1n) is 8.41. The van der Waals surface area contributed by atoms with Crippen LogP contribution in [0.3, 0.4) is 0 Å². The smallest absolute Gasteiger partial charge is 0.337 e. The Hall–Kier alpha value is -2.96. The molecule has 3 rings (SSSR count). The van der Waals surface area contributed by atoms with Crippen molar-refractivity contribution < 1.29 is 32.2 Å². The number of aromatic nitrogens is 2. The Morgan fingerprint density at radius 1 is 1.26 bits per heavy atom. The van der Waals surface area contributed by atoms with Crippen LogP contribution in [-0.2, 0) is 16.6 Å². The van der Waals surface area contributed by atoms with Crippen molar-refractivity contribution in [2.45, 2.75) is 10.9 Å². The topological polar surface area (TPSA) is 119 Å². The molecule has 1 N–H and O–H groups in total. The number of rotatable bonds is 8. The molecule has 0 atom stereocenters. The Morgan fingerprint density at radius 2 is 2.00 bits per heavy atom. The molecule has 0 bridgehead atoms. The van der Waals surface area contributed by atoms with Crippen molar-refractivity contribution in [1.82, 2.24) is 9.36 Å². The number of aromatic carboxylic acids is 1. The SMILES string of the molecule is COc1ccc(CN(c2cc(Cl)c(C(=O)O)cc2F)S(=O)(=O)c2ncns2)c(OC)c1. The number of hydrogen-bond donors (Lipinski definition) is 1. The van der Waals surface area contributed by atoms with Gasteiger partial charge in [0.15, 0.2) is 0 Å². The van der Waals surface area contributed by atoms with Crippen LogP contribution in [0.2, 0.25) is 5.02 Å². The molecular formula is C18H15ClFN3O6S2. The van der Waals surface area contributed by atoms with Gasteiger partial charge in [-0.1, -0.05) is 11.6 Å². The van der Waals surface area contributed by atoms with Crippen molar-refractivity contribution >= 4 is 44.8 Å². The first kappa shape index (κ1) is 22.7. The Balaban J connectivity index is 2.18. The van der Waals surface area contributed by atoms with Gasteiger partial charge in [-0.05, 0) is 35.8 Å². The molecule has 31 heavy (non-hydrogen) atoms. The van der Waals surface area contributed by atoms with Gasteiger partial charge < -0.3 is 14.6 Å². The standard InChI is InChI=1S/C18H15ClFN3O6S2/c1-28-11-4-3-10(16(5-11)29-2)8-23(31(26,27)18-21-9-22-30-18)15-7-13(19)12(17(24)25)6-14(15)20/h3-7,9H,8H2,1-2H3,(H,24,25). The summed E-state index contributed by atoms with van der Waals surface area (Å²) in [5.74, 6) is -1.78. The van der Waals surface area contributed by atoms with E-state index in [-0.39, 0.29) is 15.9 Å². The molecule has 0 aliphatic carbocycles. The molecular weight excluding hydrogens is 473 g/mol. The number of benzene rings is 2. The Kier molecular flexibility index (Phi) is 6.62. The summed E-state index contributed by atoms with van der Waals surface area (Å²) in [7, 11) is -1.53. The van der Waals surface area contributed by atoms with Gasteiger partial charge in [0.1, 0.15) is 23.6 Å². The van der Waals surface area contributed by atoms with Gasteiger partial charge >= 0.3 is 5.97 Å². The summed E-state index contributed by atoms with van der Waals surface area (Å²) in [6.45, 7) is -0.366. The van der Waals surface area contributed by atoms with Crippen molar-refractivity contribution in [3.63, 3.8) is 0 Å². The molecule has 0 saturated heterocycles. The van der Waals surface area contributed by atoms with Crippen LogP contribution < -0.4 is 13.8 Å². The van der Waals surface area contributed by atoms with Gasteiger partial charge in [0.25, 0.3) is 10.0 Å². The van der Waals surface area contributed by atoms with Gasteiger partial charge in [-0.15, -0.1) is 0 Å². The lowest BCUT2D eigenvalue weighted by molar-refractivity contribution is 0.0696. The average Bonchev–Trinajstić information content (AvgIpc) is 3.29. The van der Waals surface area contributed by atoms with Crippen molar-refractivity contribution in [3.8, 4) is 11.5 Å². The molecule has 9 nitrogen and oxygen atoms in total. The average molecular weight is 488 g/mol. The summed E-state index contributed by atoms with van der Waals surface area (Å²) in [4.78, 5) is 15.0. The van der Waals surface area contributed by atoms with Gasteiger partial charge in [0, 0.05) is 11.6 Å². The van der Waals surface area contributed by atoms with Crippen molar-refractivity contribution in [1.29, 1.82) is 0 Å². The molecule has 0 unspecified atom stereocenters. The number of ether oxygens (including phenoxy) is 2. The maximum atomic E-state index is 14.9. The van der Waals surface area contributed by atoms with E-state index in [0.29, 0.717) is 34.7 Å². The molecule has 13 heteroatoms. The number of hydrogen-bond acceptors (Lipinski definition) is 8. The zero-order valence-electron chi connectivity index (χ0n) is 16.1. The Bertz CT molecular complexity index is 1220. The summed E-state index contributed by atoms with van der Waals surface area (Å²) in [5, 5.41) is 8.82. The number of nitrogens with zero attached hydrogens (tertiary/aromatic N) is 3. The molecule has 1 heterocycles. The van der Waals surface area contributed by atoms with Crippen LogP contribution in [0.5, 0.6) is 11.5 Å². The number of sulfonamides is 1. The molecule has 0 saturated carbocycles. The first-order valence-corrected chi connectivity index (χ1v) is 11.0. The summed E-state index contributed by atoms with van der Waals surface area (Å²) < 4.78 is 55.9. The van der Waals surface area contributed by atoms with E-state index in [9.17, 15) is 17.6 Å². The summed E-state index contributed by atoms with van der Waals surface area (Å²) >= 11 is 6.59. The Labute approximate surface area is 185 Å². The predicted molar refractivity (Wildman–Crippen MR) is 111 cm³/mol. The van der Waals surface area contributed by atoms with Gasteiger partial charge in [0.2, 0.25) is 4.34 Å². The van der Waals surface area contributed by atoms with Crippen molar-refractivity contribution in [2.75, 3.05) is 18.5 Å². The number of carboxylic acid groups (broad SMARTS) is 1. The van der Waals surface area contributed by atoms with Crippen LogP contribution in [0.25, 0.3) is 0 Å². The fourth-order valence-electron chi connectivity index (χ4n) is 2.70. The van der Waals surface area contributed by atoms with E-state index >= 15 is 0 Å². The van der Waals surface area contributed by atoms with E-state index in [2.05, 4.69) is 9.36 Å². The molecule has 0 amide bonds. The third kappa shape index (κ3) is 4.55. The highest BCUT2D eigenvalue weighted by molar-refractivity contribution is 7.94. The predicted octanol–water partition coefficient (Wildman–Crippen LogP) is 3.44. The highest BCUT2D eigenvalue weighted by atomic mass is 35.5. The number of methoxy groups -OCH3 is 2. The van der Waals surface area contributed by atoms with Crippen LogP contribution in [0.15, 0.2) is 41.0 Å². The van der Waals surface area contributed by atoms with E-state index < -0.39 is 33.1 Å². The Morgan fingerprint density at radius 3 is 2.58 bits per heavy atom. The minimum absolute atomic E-state index is 0.297. The zero-order valence-corrected chi connectivity index (χ0v) is 18.5. The molecule has 0 fully saturated rings. The second-order valence-corrected chi connectivity index (χ2v) is 9.21. The second-order valence-electron chi connectivity index (χ2n) is 5.99. The lowest BCUT2D eigenvalue weighted by Gasteiger charge is -2.25. The summed E-state index contributed by atoms with van der Waals surface area (Å²) in [6.07, 6.45) is 1.06. The van der Waals surface area contributed by atoms with E-state index in [4.69, 9.17) is 26.2 Å². The lowest BCUT2D eigenvalue weighted by Crippen LogP contribution is -2.31. The number of carbonyl (C=O) groups is 1. The minimum Gasteiger partial charge on any atom is -0.497 e. The van der Waals surface area contributed by atoms with Gasteiger partial charge in [-0.25, -0.2) is 14.2 Å². The van der Waals surface area contributed by atoms with E-state index in [1.165, 1.54) is 14.2 Å². The fourth-order valence-corrected chi connectivity index (χ4v) is 5.07. The number of carboxylic acids is 1.